The Kier molecular flexibility index (Phi) is 4.84. The summed E-state index contributed by atoms with van der Waals surface area (Å²) in [4.78, 5) is 14.1. The first-order chi connectivity index (χ1) is 11.5. The molecule has 0 aromatic heterocycles. The quantitative estimate of drug-likeness (QED) is 0.846. The molecule has 2 aliphatic rings. The van der Waals surface area contributed by atoms with E-state index in [1.165, 1.54) is 0 Å². The second-order valence-corrected chi connectivity index (χ2v) is 8.18. The van der Waals surface area contributed by atoms with E-state index in [1.807, 2.05) is 19.1 Å². The molecule has 1 fully saturated rings. The fraction of sp³-hybridized carbons (Fsp3) is 0.562. The van der Waals surface area contributed by atoms with Crippen LogP contribution in [-0.2, 0) is 14.6 Å². The van der Waals surface area contributed by atoms with Gasteiger partial charge in [-0.05, 0) is 25.5 Å². The Hall–Kier alpha value is -1.96. The Bertz CT molecular complexity index is 719. The molecule has 1 N–H and O–H groups in total. The number of benzene rings is 1. The second-order valence-electron chi connectivity index (χ2n) is 5.95. The number of ether oxygens (including phenoxy) is 2. The van der Waals surface area contributed by atoms with Crippen molar-refractivity contribution in [3.8, 4) is 11.5 Å². The van der Waals surface area contributed by atoms with E-state index in [0.29, 0.717) is 37.7 Å². The van der Waals surface area contributed by atoms with Crippen LogP contribution in [-0.4, -0.2) is 63.1 Å². The number of sulfone groups is 1. The van der Waals surface area contributed by atoms with Crippen molar-refractivity contribution in [1.29, 1.82) is 0 Å². The van der Waals surface area contributed by atoms with E-state index < -0.39 is 9.84 Å². The number of carbonyl (C=O) groups excluding carboxylic acids is 1. The normalized spacial score (nSPS) is 21.3. The zero-order valence-corrected chi connectivity index (χ0v) is 14.5. The highest BCUT2D eigenvalue weighted by Gasteiger charge is 2.33. The standard InChI is InChI=1S/C16H22N2O5S/c1-2-18(13-5-8-24(20,21)11-13)16(19)10-17-12-3-4-14-15(9-12)23-7-6-22-14/h3-4,9,13,17H,2,5-8,10-11H2,1H3. The van der Waals surface area contributed by atoms with E-state index in [9.17, 15) is 13.2 Å². The zero-order valence-electron chi connectivity index (χ0n) is 13.7. The van der Waals surface area contributed by atoms with Gasteiger partial charge in [0.25, 0.3) is 0 Å². The van der Waals surface area contributed by atoms with Gasteiger partial charge in [-0.15, -0.1) is 0 Å². The van der Waals surface area contributed by atoms with Crippen molar-refractivity contribution in [2.75, 3.05) is 43.1 Å². The maximum absolute atomic E-state index is 12.4. The van der Waals surface area contributed by atoms with Gasteiger partial charge in [-0.3, -0.25) is 4.79 Å². The van der Waals surface area contributed by atoms with Crippen molar-refractivity contribution >= 4 is 21.4 Å². The monoisotopic (exact) mass is 354 g/mol. The molecule has 2 heterocycles. The first-order valence-electron chi connectivity index (χ1n) is 8.12. The highest BCUT2D eigenvalue weighted by molar-refractivity contribution is 7.91. The van der Waals surface area contributed by atoms with Gasteiger partial charge in [0.05, 0.1) is 18.1 Å². The molecule has 8 heteroatoms. The van der Waals surface area contributed by atoms with Crippen molar-refractivity contribution < 1.29 is 22.7 Å². The van der Waals surface area contributed by atoms with Crippen LogP contribution in [0.4, 0.5) is 5.69 Å². The van der Waals surface area contributed by atoms with Crippen molar-refractivity contribution in [2.24, 2.45) is 0 Å². The second kappa shape index (κ2) is 6.88. The predicted molar refractivity (Wildman–Crippen MR) is 90.4 cm³/mol. The molecule has 0 spiro atoms. The Morgan fingerprint density at radius 1 is 1.29 bits per heavy atom. The van der Waals surface area contributed by atoms with Gasteiger partial charge in [0.1, 0.15) is 13.2 Å². The van der Waals surface area contributed by atoms with Crippen LogP contribution in [0.1, 0.15) is 13.3 Å². The highest BCUT2D eigenvalue weighted by Crippen LogP contribution is 2.32. The lowest BCUT2D eigenvalue weighted by Gasteiger charge is -2.27. The lowest BCUT2D eigenvalue weighted by Crippen LogP contribution is -2.43. The van der Waals surface area contributed by atoms with Crippen molar-refractivity contribution in [3.63, 3.8) is 0 Å². The number of nitrogens with zero attached hydrogens (tertiary/aromatic N) is 1. The minimum absolute atomic E-state index is 0.0661. The summed E-state index contributed by atoms with van der Waals surface area (Å²) < 4.78 is 34.2. The van der Waals surface area contributed by atoms with Crippen molar-refractivity contribution in [3.05, 3.63) is 18.2 Å². The van der Waals surface area contributed by atoms with E-state index in [4.69, 9.17) is 9.47 Å². The van der Waals surface area contributed by atoms with Gasteiger partial charge in [0.15, 0.2) is 21.3 Å². The molecule has 132 valence electrons. The number of amides is 1. The Morgan fingerprint density at radius 3 is 2.71 bits per heavy atom. The zero-order chi connectivity index (χ0) is 17.2. The summed E-state index contributed by atoms with van der Waals surface area (Å²) in [6.45, 7) is 3.53. The molecule has 1 aromatic carbocycles. The molecule has 1 atom stereocenters. The Morgan fingerprint density at radius 2 is 2.04 bits per heavy atom. The van der Waals surface area contributed by atoms with Gasteiger partial charge >= 0.3 is 0 Å². The Labute approximate surface area is 141 Å². The predicted octanol–water partition coefficient (Wildman–Crippen LogP) is 0.905. The van der Waals surface area contributed by atoms with Crippen LogP contribution in [0.3, 0.4) is 0 Å². The van der Waals surface area contributed by atoms with Crippen LogP contribution in [0.2, 0.25) is 0 Å². The number of hydrogen-bond donors (Lipinski definition) is 1. The molecule has 0 aliphatic carbocycles. The van der Waals surface area contributed by atoms with Crippen LogP contribution in [0, 0.1) is 0 Å². The number of carbonyl (C=O) groups is 1. The summed E-state index contributed by atoms with van der Waals surface area (Å²) >= 11 is 0. The summed E-state index contributed by atoms with van der Waals surface area (Å²) in [6.07, 6.45) is 0.520. The molecular formula is C16H22N2O5S. The van der Waals surface area contributed by atoms with E-state index in [2.05, 4.69) is 5.32 Å². The Balaban J connectivity index is 1.60. The molecule has 0 radical (unpaired) electrons. The molecule has 24 heavy (non-hydrogen) atoms. The summed E-state index contributed by atoms with van der Waals surface area (Å²) in [6, 6.07) is 5.23. The van der Waals surface area contributed by atoms with Crippen molar-refractivity contribution in [1.82, 2.24) is 4.90 Å². The van der Waals surface area contributed by atoms with Crippen LogP contribution in [0.15, 0.2) is 18.2 Å². The van der Waals surface area contributed by atoms with Gasteiger partial charge in [0.2, 0.25) is 5.91 Å². The fourth-order valence-electron chi connectivity index (χ4n) is 3.09. The molecule has 3 rings (SSSR count). The molecule has 7 nitrogen and oxygen atoms in total. The topological polar surface area (TPSA) is 84.9 Å². The number of hydrogen-bond acceptors (Lipinski definition) is 6. The van der Waals surface area contributed by atoms with Gasteiger partial charge in [-0.25, -0.2) is 8.42 Å². The molecule has 2 aliphatic heterocycles. The first-order valence-corrected chi connectivity index (χ1v) is 9.94. The van der Waals surface area contributed by atoms with E-state index in [0.717, 1.165) is 5.69 Å². The number of rotatable bonds is 5. The third-order valence-electron chi connectivity index (χ3n) is 4.30. The first kappa shape index (κ1) is 16.9. The lowest BCUT2D eigenvalue weighted by atomic mass is 10.2. The largest absolute Gasteiger partial charge is 0.486 e. The minimum Gasteiger partial charge on any atom is -0.486 e. The summed E-state index contributed by atoms with van der Waals surface area (Å²) in [7, 11) is -3.01. The van der Waals surface area contributed by atoms with Crippen molar-refractivity contribution in [2.45, 2.75) is 19.4 Å². The van der Waals surface area contributed by atoms with E-state index in [-0.39, 0.29) is 30.0 Å². The average Bonchev–Trinajstić information content (AvgIpc) is 2.93. The van der Waals surface area contributed by atoms with Gasteiger partial charge < -0.3 is 19.7 Å². The maximum Gasteiger partial charge on any atom is 0.242 e. The number of anilines is 1. The molecule has 1 aromatic rings. The highest BCUT2D eigenvalue weighted by atomic mass is 32.2. The minimum atomic E-state index is -3.01. The molecule has 0 saturated carbocycles. The SMILES string of the molecule is CCN(C(=O)CNc1ccc2c(c1)OCCO2)C1CCS(=O)(=O)C1. The van der Waals surface area contributed by atoms with E-state index >= 15 is 0 Å². The number of nitrogens with one attached hydrogen (secondary N) is 1. The van der Waals surface area contributed by atoms with Gasteiger partial charge in [-0.2, -0.15) is 0 Å². The van der Waals surface area contributed by atoms with Crippen LogP contribution < -0.4 is 14.8 Å². The van der Waals surface area contributed by atoms with E-state index in [1.54, 1.807) is 11.0 Å². The van der Waals surface area contributed by atoms with Gasteiger partial charge in [0, 0.05) is 24.3 Å². The van der Waals surface area contributed by atoms with Crippen LogP contribution >= 0.6 is 0 Å². The van der Waals surface area contributed by atoms with Gasteiger partial charge in [-0.1, -0.05) is 0 Å². The fourth-order valence-corrected chi connectivity index (χ4v) is 4.82. The molecular weight excluding hydrogens is 332 g/mol. The number of fused-ring (bicyclic) bond motifs is 1. The smallest absolute Gasteiger partial charge is 0.242 e. The van der Waals surface area contributed by atoms with Crippen LogP contribution in [0.25, 0.3) is 0 Å². The summed E-state index contributed by atoms with van der Waals surface area (Å²) in [5.41, 5.74) is 0.766. The summed E-state index contributed by atoms with van der Waals surface area (Å²) in [5.74, 6) is 1.49. The van der Waals surface area contributed by atoms with Crippen LogP contribution in [0.5, 0.6) is 11.5 Å². The summed E-state index contributed by atoms with van der Waals surface area (Å²) in [5, 5.41) is 3.08. The molecule has 1 amide bonds. The maximum atomic E-state index is 12.4. The lowest BCUT2D eigenvalue weighted by molar-refractivity contribution is -0.130. The number of likely N-dealkylation sites (N-methyl/N-ethyl adjacent to an activating group) is 1. The average molecular weight is 354 g/mol. The molecule has 1 unspecified atom stereocenters. The third-order valence-corrected chi connectivity index (χ3v) is 6.05. The third kappa shape index (κ3) is 3.75. The molecule has 0 bridgehead atoms. The molecule has 1 saturated heterocycles.